The number of carbonyl (C=O) groups is 1. The van der Waals surface area contributed by atoms with Gasteiger partial charge in [-0.3, -0.25) is 4.79 Å². The Morgan fingerprint density at radius 1 is 1.20 bits per heavy atom. The highest BCUT2D eigenvalue weighted by atomic mass is 32.1. The van der Waals surface area contributed by atoms with Gasteiger partial charge in [-0.1, -0.05) is 13.8 Å². The SMILES string of the molecule is CCOc1ncccc1-c1c(C(N)=O)sc2cnc(Nc3ccc(N4CCCCC4C(C)C)cc3OC(C)C)nc12. The molecule has 1 aliphatic rings. The first kappa shape index (κ1) is 28.6. The van der Waals surface area contributed by atoms with Gasteiger partial charge in [0.25, 0.3) is 5.91 Å². The van der Waals surface area contributed by atoms with Crippen LogP contribution in [-0.4, -0.2) is 46.2 Å². The van der Waals surface area contributed by atoms with E-state index in [0.29, 0.717) is 51.9 Å². The Balaban J connectivity index is 1.55. The van der Waals surface area contributed by atoms with Crippen LogP contribution in [0.15, 0.2) is 42.7 Å². The maximum absolute atomic E-state index is 12.5. The van der Waals surface area contributed by atoms with Gasteiger partial charge >= 0.3 is 0 Å². The molecule has 10 heteroatoms. The molecule has 0 aliphatic carbocycles. The van der Waals surface area contributed by atoms with E-state index in [1.165, 1.54) is 30.6 Å². The van der Waals surface area contributed by atoms with Gasteiger partial charge in [-0.25, -0.2) is 15.0 Å². The number of amides is 1. The first-order valence-corrected chi connectivity index (χ1v) is 15.1. The number of nitrogens with zero attached hydrogens (tertiary/aromatic N) is 4. The minimum absolute atomic E-state index is 0.0133. The topological polar surface area (TPSA) is 115 Å². The van der Waals surface area contributed by atoms with Crippen LogP contribution in [0.5, 0.6) is 11.6 Å². The van der Waals surface area contributed by atoms with Gasteiger partial charge in [0.05, 0.1) is 34.8 Å². The van der Waals surface area contributed by atoms with E-state index >= 15 is 0 Å². The number of ether oxygens (including phenoxy) is 2. The molecule has 1 fully saturated rings. The van der Waals surface area contributed by atoms with Crippen LogP contribution >= 0.6 is 11.3 Å². The molecule has 1 aliphatic heterocycles. The van der Waals surface area contributed by atoms with Gasteiger partial charge in [-0.2, -0.15) is 0 Å². The minimum Gasteiger partial charge on any atom is -0.489 e. The quantitative estimate of drug-likeness (QED) is 0.213. The summed E-state index contributed by atoms with van der Waals surface area (Å²) in [6, 6.07) is 10.5. The lowest BCUT2D eigenvalue weighted by molar-refractivity contribution is 0.100. The van der Waals surface area contributed by atoms with E-state index in [-0.39, 0.29) is 6.10 Å². The first-order chi connectivity index (χ1) is 19.8. The molecule has 0 radical (unpaired) electrons. The second-order valence-electron chi connectivity index (χ2n) is 10.8. The fourth-order valence-electron chi connectivity index (χ4n) is 5.45. The normalized spacial score (nSPS) is 15.5. The summed E-state index contributed by atoms with van der Waals surface area (Å²) in [5.41, 5.74) is 9.58. The fourth-order valence-corrected chi connectivity index (χ4v) is 6.42. The third kappa shape index (κ3) is 6.07. The number of anilines is 3. The molecule has 1 saturated heterocycles. The predicted molar refractivity (Wildman–Crippen MR) is 166 cm³/mol. The molecule has 0 saturated carbocycles. The molecule has 3 N–H and O–H groups in total. The molecule has 0 bridgehead atoms. The highest BCUT2D eigenvalue weighted by Crippen LogP contribution is 2.42. The zero-order valence-corrected chi connectivity index (χ0v) is 25.1. The number of benzene rings is 1. The number of primary amides is 1. The lowest BCUT2D eigenvalue weighted by atomic mass is 9.92. The van der Waals surface area contributed by atoms with Gasteiger partial charge in [-0.15, -0.1) is 11.3 Å². The highest BCUT2D eigenvalue weighted by Gasteiger charge is 2.27. The molecule has 1 atom stereocenters. The molecule has 5 rings (SSSR count). The Labute approximate surface area is 245 Å². The summed E-state index contributed by atoms with van der Waals surface area (Å²) < 4.78 is 12.8. The molecule has 1 aromatic carbocycles. The fraction of sp³-hybridized carbons (Fsp3) is 0.419. The van der Waals surface area contributed by atoms with E-state index in [1.54, 1.807) is 18.5 Å². The van der Waals surface area contributed by atoms with E-state index in [2.05, 4.69) is 46.2 Å². The van der Waals surface area contributed by atoms with Crippen LogP contribution in [-0.2, 0) is 0 Å². The lowest BCUT2D eigenvalue weighted by Gasteiger charge is -2.40. The van der Waals surface area contributed by atoms with Crippen molar-refractivity contribution in [2.45, 2.75) is 66.0 Å². The zero-order valence-electron chi connectivity index (χ0n) is 24.3. The Hall–Kier alpha value is -3.92. The van der Waals surface area contributed by atoms with E-state index in [4.69, 9.17) is 20.2 Å². The number of carbonyl (C=O) groups excluding carboxylic acids is 1. The monoisotopic (exact) mass is 574 g/mol. The van der Waals surface area contributed by atoms with Gasteiger partial charge < -0.3 is 25.4 Å². The van der Waals surface area contributed by atoms with Crippen molar-refractivity contribution in [2.24, 2.45) is 11.7 Å². The molecule has 4 aromatic rings. The number of fused-ring (bicyclic) bond motifs is 1. The van der Waals surface area contributed by atoms with Gasteiger partial charge in [0.15, 0.2) is 0 Å². The Morgan fingerprint density at radius 3 is 2.76 bits per heavy atom. The number of pyridine rings is 1. The van der Waals surface area contributed by atoms with Crippen LogP contribution in [0.2, 0.25) is 0 Å². The van der Waals surface area contributed by atoms with E-state index < -0.39 is 5.91 Å². The number of piperidine rings is 1. The van der Waals surface area contributed by atoms with Crippen molar-refractivity contribution in [1.29, 1.82) is 0 Å². The molecular formula is C31H38N6O3S. The van der Waals surface area contributed by atoms with Crippen LogP contribution in [0, 0.1) is 5.92 Å². The minimum atomic E-state index is -0.538. The van der Waals surface area contributed by atoms with Crippen LogP contribution in [0.4, 0.5) is 17.3 Å². The molecule has 1 unspecified atom stereocenters. The molecule has 41 heavy (non-hydrogen) atoms. The van der Waals surface area contributed by atoms with Crippen molar-refractivity contribution in [2.75, 3.05) is 23.4 Å². The van der Waals surface area contributed by atoms with Gasteiger partial charge in [0.1, 0.15) is 10.6 Å². The molecule has 3 aromatic heterocycles. The summed E-state index contributed by atoms with van der Waals surface area (Å²) in [4.78, 5) is 29.2. The number of aromatic nitrogens is 3. The van der Waals surface area contributed by atoms with E-state index in [1.807, 2.05) is 32.9 Å². The maximum atomic E-state index is 12.5. The summed E-state index contributed by atoms with van der Waals surface area (Å²) in [6.07, 6.45) is 7.00. The molecule has 1 amide bonds. The van der Waals surface area contributed by atoms with Crippen molar-refractivity contribution in [3.63, 3.8) is 0 Å². The summed E-state index contributed by atoms with van der Waals surface area (Å²) in [5.74, 6) is 1.57. The molecule has 4 heterocycles. The second kappa shape index (κ2) is 12.3. The summed E-state index contributed by atoms with van der Waals surface area (Å²) in [7, 11) is 0. The third-order valence-corrected chi connectivity index (χ3v) is 8.33. The van der Waals surface area contributed by atoms with Crippen LogP contribution < -0.4 is 25.4 Å². The van der Waals surface area contributed by atoms with Crippen LogP contribution in [0.1, 0.15) is 63.6 Å². The zero-order chi connectivity index (χ0) is 29.1. The van der Waals surface area contributed by atoms with Crippen molar-refractivity contribution >= 4 is 44.8 Å². The maximum Gasteiger partial charge on any atom is 0.259 e. The Kier molecular flexibility index (Phi) is 8.58. The average Bonchev–Trinajstić information content (AvgIpc) is 3.33. The average molecular weight is 575 g/mol. The molecular weight excluding hydrogens is 536 g/mol. The van der Waals surface area contributed by atoms with Gasteiger partial charge in [0, 0.05) is 41.7 Å². The third-order valence-electron chi connectivity index (χ3n) is 7.20. The van der Waals surface area contributed by atoms with Crippen molar-refractivity contribution < 1.29 is 14.3 Å². The number of rotatable bonds is 10. The number of hydrogen-bond acceptors (Lipinski definition) is 9. The summed E-state index contributed by atoms with van der Waals surface area (Å²) in [6.45, 7) is 12.0. The van der Waals surface area contributed by atoms with E-state index in [0.717, 1.165) is 28.4 Å². The number of nitrogens with one attached hydrogen (secondary N) is 1. The van der Waals surface area contributed by atoms with Gasteiger partial charge in [0.2, 0.25) is 11.8 Å². The first-order valence-electron chi connectivity index (χ1n) is 14.3. The second-order valence-corrected chi connectivity index (χ2v) is 11.9. The predicted octanol–water partition coefficient (Wildman–Crippen LogP) is 6.80. The Morgan fingerprint density at radius 2 is 2.02 bits per heavy atom. The number of hydrogen-bond donors (Lipinski definition) is 2. The van der Waals surface area contributed by atoms with Crippen molar-refractivity contribution in [3.8, 4) is 22.8 Å². The number of thiophene rings is 1. The standard InChI is InChI=1S/C31H38N6O3S/c1-6-39-30-21(10-9-14-33-30)26-27-25(41-28(26)29(32)38)17-34-31(36-27)35-22-13-12-20(16-24(22)40-19(4)5)37-15-8-7-11-23(37)18(2)3/h9-10,12-14,16-19,23H,6-8,11,15H2,1-5H3,(H2,32,38)(H,34,35,36). The van der Waals surface area contributed by atoms with E-state index in [9.17, 15) is 4.79 Å². The van der Waals surface area contributed by atoms with Crippen LogP contribution in [0.3, 0.4) is 0 Å². The summed E-state index contributed by atoms with van der Waals surface area (Å²) >= 11 is 1.26. The largest absolute Gasteiger partial charge is 0.489 e. The summed E-state index contributed by atoms with van der Waals surface area (Å²) in [5, 5.41) is 3.37. The lowest BCUT2D eigenvalue weighted by Crippen LogP contribution is -2.42. The smallest absolute Gasteiger partial charge is 0.259 e. The highest BCUT2D eigenvalue weighted by molar-refractivity contribution is 7.21. The van der Waals surface area contributed by atoms with Crippen LogP contribution in [0.25, 0.3) is 21.3 Å². The molecule has 9 nitrogen and oxygen atoms in total. The molecule has 216 valence electrons. The van der Waals surface area contributed by atoms with Crippen molar-refractivity contribution in [1.82, 2.24) is 15.0 Å². The Bertz CT molecular complexity index is 1540. The van der Waals surface area contributed by atoms with Crippen molar-refractivity contribution in [3.05, 3.63) is 47.6 Å². The van der Waals surface area contributed by atoms with Gasteiger partial charge in [-0.05, 0) is 70.2 Å². The number of nitrogens with two attached hydrogens (primary N) is 1. The molecule has 0 spiro atoms.